The Labute approximate surface area is 177 Å². The van der Waals surface area contributed by atoms with E-state index in [1.54, 1.807) is 0 Å². The molecule has 0 aromatic heterocycles. The molecule has 0 saturated heterocycles. The highest BCUT2D eigenvalue weighted by atomic mass is 28.4. The topological polar surface area (TPSA) is 26.3 Å². The van der Waals surface area contributed by atoms with Crippen LogP contribution in [0.25, 0.3) is 0 Å². The predicted octanol–water partition coefficient (Wildman–Crippen LogP) is 5.49. The summed E-state index contributed by atoms with van der Waals surface area (Å²) < 4.78 is 7.40. The molecule has 0 heterocycles. The fourth-order valence-corrected chi connectivity index (χ4v) is 9.83. The lowest BCUT2D eigenvalue weighted by Gasteiger charge is -2.47. The van der Waals surface area contributed by atoms with Gasteiger partial charge >= 0.3 is 0 Å². The zero-order chi connectivity index (χ0) is 20.7. The molecule has 1 saturated carbocycles. The Balaban J connectivity index is 2.11. The Morgan fingerprint density at radius 3 is 1.90 bits per heavy atom. The van der Waals surface area contributed by atoms with Gasteiger partial charge in [-0.25, -0.2) is 0 Å². The molecule has 0 spiro atoms. The van der Waals surface area contributed by atoms with Gasteiger partial charge in [0.05, 0.1) is 0 Å². The molecule has 1 fully saturated rings. The number of hydrogen-bond donors (Lipinski definition) is 0. The summed E-state index contributed by atoms with van der Waals surface area (Å²) in [5, 5.41) is 2.63. The van der Waals surface area contributed by atoms with Gasteiger partial charge in [-0.15, -0.1) is 0 Å². The van der Waals surface area contributed by atoms with Crippen LogP contribution in [-0.2, 0) is 9.22 Å². The minimum absolute atomic E-state index is 0.0240. The molecule has 2 aromatic carbocycles. The molecule has 0 amide bonds. The Hall–Kier alpha value is -1.71. The van der Waals surface area contributed by atoms with Crippen LogP contribution in [-0.4, -0.2) is 20.7 Å². The molecule has 3 rings (SSSR count). The molecule has 2 aromatic rings. The van der Waals surface area contributed by atoms with Crippen molar-refractivity contribution in [3.8, 4) is 0 Å². The molecule has 3 heteroatoms. The molecular weight excluding hydrogens is 372 g/mol. The first-order chi connectivity index (χ1) is 14.0. The minimum atomic E-state index is -2.56. The number of hydrogen-bond acceptors (Lipinski definition) is 2. The second-order valence-electron chi connectivity index (χ2n) is 9.46. The summed E-state index contributed by atoms with van der Waals surface area (Å²) in [5.74, 6) is 0.561. The molecule has 0 bridgehead atoms. The second kappa shape index (κ2) is 9.86. The van der Waals surface area contributed by atoms with E-state index in [1.807, 2.05) is 0 Å². The molecule has 29 heavy (non-hydrogen) atoms. The fourth-order valence-electron chi connectivity index (χ4n) is 5.05. The van der Waals surface area contributed by atoms with Gasteiger partial charge in [-0.05, 0) is 40.6 Å². The maximum absolute atomic E-state index is 11.3. The monoisotopic (exact) mass is 408 g/mol. The van der Waals surface area contributed by atoms with Gasteiger partial charge in [-0.2, -0.15) is 0 Å². The smallest absolute Gasteiger partial charge is 0.261 e. The average Bonchev–Trinajstić information content (AvgIpc) is 2.75. The maximum atomic E-state index is 11.3. The van der Waals surface area contributed by atoms with Gasteiger partial charge in [0.1, 0.15) is 6.29 Å². The van der Waals surface area contributed by atoms with Gasteiger partial charge in [0.25, 0.3) is 8.32 Å². The largest absolute Gasteiger partial charge is 0.404 e. The van der Waals surface area contributed by atoms with Gasteiger partial charge in [0, 0.05) is 12.5 Å². The molecule has 0 radical (unpaired) electrons. The zero-order valence-corrected chi connectivity index (χ0v) is 19.3. The van der Waals surface area contributed by atoms with Crippen LogP contribution in [0.3, 0.4) is 0 Å². The van der Waals surface area contributed by atoms with Gasteiger partial charge in [0.15, 0.2) is 0 Å². The van der Waals surface area contributed by atoms with Crippen molar-refractivity contribution in [1.29, 1.82) is 0 Å². The van der Waals surface area contributed by atoms with E-state index in [0.29, 0.717) is 12.3 Å². The van der Waals surface area contributed by atoms with Crippen molar-refractivity contribution in [1.82, 2.24) is 0 Å². The van der Waals surface area contributed by atoms with Crippen LogP contribution in [0.5, 0.6) is 0 Å². The van der Waals surface area contributed by atoms with Crippen molar-refractivity contribution in [2.45, 2.75) is 76.9 Å². The van der Waals surface area contributed by atoms with Crippen molar-refractivity contribution in [2.75, 3.05) is 0 Å². The van der Waals surface area contributed by atoms with Crippen molar-refractivity contribution < 1.29 is 9.22 Å². The SMILES string of the molecule is CC(C)(C)[Si](OC(CCC=O)C1CCCCC1)(c1ccccc1)c1ccccc1. The normalized spacial score (nSPS) is 17.1. The third kappa shape index (κ3) is 4.89. The van der Waals surface area contributed by atoms with Crippen molar-refractivity contribution >= 4 is 25.0 Å². The van der Waals surface area contributed by atoms with E-state index in [1.165, 1.54) is 42.5 Å². The summed E-state index contributed by atoms with van der Waals surface area (Å²) >= 11 is 0. The highest BCUT2D eigenvalue weighted by molar-refractivity contribution is 6.99. The van der Waals surface area contributed by atoms with Crippen molar-refractivity contribution in [2.24, 2.45) is 5.92 Å². The summed E-state index contributed by atoms with van der Waals surface area (Å²) in [5.41, 5.74) is 0. The van der Waals surface area contributed by atoms with Crippen LogP contribution in [0, 0.1) is 5.92 Å². The van der Waals surface area contributed by atoms with E-state index in [-0.39, 0.29) is 11.1 Å². The highest BCUT2D eigenvalue weighted by Crippen LogP contribution is 2.40. The molecule has 1 aliphatic carbocycles. The summed E-state index contributed by atoms with van der Waals surface area (Å²) in [6, 6.07) is 21.7. The number of aldehydes is 1. The lowest BCUT2D eigenvalue weighted by Crippen LogP contribution is -2.68. The summed E-state index contributed by atoms with van der Waals surface area (Å²) in [6.07, 6.45) is 8.97. The summed E-state index contributed by atoms with van der Waals surface area (Å²) in [6.45, 7) is 6.99. The number of carbonyl (C=O) groups is 1. The van der Waals surface area contributed by atoms with Gasteiger partial charge in [-0.1, -0.05) is 101 Å². The number of rotatable bonds is 8. The number of carbonyl (C=O) groups excluding carboxylic acids is 1. The van der Waals surface area contributed by atoms with Crippen molar-refractivity contribution in [3.05, 3.63) is 60.7 Å². The Morgan fingerprint density at radius 1 is 0.931 bits per heavy atom. The molecule has 2 nitrogen and oxygen atoms in total. The quantitative estimate of drug-likeness (QED) is 0.426. The van der Waals surface area contributed by atoms with Crippen LogP contribution in [0.2, 0.25) is 5.04 Å². The first-order valence-electron chi connectivity index (χ1n) is 11.2. The third-order valence-corrected chi connectivity index (χ3v) is 11.6. The van der Waals surface area contributed by atoms with E-state index >= 15 is 0 Å². The van der Waals surface area contributed by atoms with Crippen LogP contribution in [0.1, 0.15) is 65.7 Å². The maximum Gasteiger partial charge on any atom is 0.261 e. The minimum Gasteiger partial charge on any atom is -0.404 e. The first kappa shape index (κ1) is 22.0. The fraction of sp³-hybridized carbons (Fsp3) is 0.500. The van der Waals surface area contributed by atoms with Gasteiger partial charge in [-0.3, -0.25) is 0 Å². The van der Waals surface area contributed by atoms with E-state index in [2.05, 4.69) is 81.4 Å². The Kier molecular flexibility index (Phi) is 7.47. The van der Waals surface area contributed by atoms with Crippen LogP contribution >= 0.6 is 0 Å². The zero-order valence-electron chi connectivity index (χ0n) is 18.3. The predicted molar refractivity (Wildman–Crippen MR) is 124 cm³/mol. The molecule has 1 atom stereocenters. The van der Waals surface area contributed by atoms with E-state index in [4.69, 9.17) is 4.43 Å². The number of benzene rings is 2. The summed E-state index contributed by atoms with van der Waals surface area (Å²) in [4.78, 5) is 11.3. The lowest BCUT2D eigenvalue weighted by atomic mass is 9.84. The molecule has 0 aliphatic heterocycles. The van der Waals surface area contributed by atoms with E-state index in [9.17, 15) is 4.79 Å². The second-order valence-corrected chi connectivity index (χ2v) is 13.7. The molecule has 1 unspecified atom stereocenters. The molecular formula is C26H36O2Si. The van der Waals surface area contributed by atoms with Crippen LogP contribution in [0.15, 0.2) is 60.7 Å². The third-order valence-electron chi connectivity index (χ3n) is 6.49. The lowest BCUT2D eigenvalue weighted by molar-refractivity contribution is -0.108. The van der Waals surface area contributed by atoms with Crippen LogP contribution in [0.4, 0.5) is 0 Å². The Bertz CT molecular complexity index is 706. The van der Waals surface area contributed by atoms with Crippen molar-refractivity contribution in [3.63, 3.8) is 0 Å². The molecule has 1 aliphatic rings. The van der Waals surface area contributed by atoms with E-state index in [0.717, 1.165) is 12.7 Å². The first-order valence-corrected chi connectivity index (χ1v) is 13.1. The summed E-state index contributed by atoms with van der Waals surface area (Å²) in [7, 11) is -2.56. The molecule has 0 N–H and O–H groups in total. The Morgan fingerprint density at radius 2 is 1.45 bits per heavy atom. The van der Waals surface area contributed by atoms with Crippen LogP contribution < -0.4 is 10.4 Å². The van der Waals surface area contributed by atoms with E-state index < -0.39 is 8.32 Å². The highest BCUT2D eigenvalue weighted by Gasteiger charge is 2.52. The standard InChI is InChI=1S/C26H36O2Si/c1-26(2,3)29(23-16-9-5-10-17-23,24-18-11-6-12-19-24)28-25(20-13-21-27)22-14-7-4-8-15-22/h5-6,9-12,16-19,21-22,25H,4,7-8,13-15,20H2,1-3H3. The average molecular weight is 409 g/mol. The molecule has 156 valence electrons. The van der Waals surface area contributed by atoms with Gasteiger partial charge in [0.2, 0.25) is 0 Å². The van der Waals surface area contributed by atoms with Gasteiger partial charge < -0.3 is 9.22 Å².